The fourth-order valence-electron chi connectivity index (χ4n) is 5.50. The number of carbonyl (C=O) groups is 2. The van der Waals surface area contributed by atoms with Crippen LogP contribution in [0, 0.1) is 11.7 Å². The van der Waals surface area contributed by atoms with Gasteiger partial charge in [-0.2, -0.15) is 0 Å². The lowest BCUT2D eigenvalue weighted by atomic mass is 9.88. The quantitative estimate of drug-likeness (QED) is 0.308. The van der Waals surface area contributed by atoms with E-state index in [2.05, 4.69) is 15.5 Å². The molecule has 2 N–H and O–H groups in total. The number of carbonyl (C=O) groups excluding carboxylic acids is 2. The van der Waals surface area contributed by atoms with Crippen molar-refractivity contribution in [3.05, 3.63) is 83.2 Å². The third-order valence-corrected chi connectivity index (χ3v) is 7.83. The van der Waals surface area contributed by atoms with Gasteiger partial charge in [-0.05, 0) is 65.9 Å². The minimum absolute atomic E-state index is 0.155. The number of amides is 2. The molecule has 3 aromatic rings. The van der Waals surface area contributed by atoms with E-state index in [1.165, 1.54) is 12.1 Å². The molecule has 2 atom stereocenters. The van der Waals surface area contributed by atoms with Gasteiger partial charge >= 0.3 is 0 Å². The number of rotatable bonds is 11. The molecule has 3 aromatic carbocycles. The number of hydrogen-bond donors (Lipinski definition) is 2. The summed E-state index contributed by atoms with van der Waals surface area (Å²) in [5, 5.41) is 5.74. The fraction of sp³-hybridized carbons (Fsp3) is 0.412. The van der Waals surface area contributed by atoms with Gasteiger partial charge in [0.1, 0.15) is 29.3 Å². The zero-order chi connectivity index (χ0) is 30.3. The Labute approximate surface area is 252 Å². The summed E-state index contributed by atoms with van der Waals surface area (Å²) in [5.41, 5.74) is 3.52. The summed E-state index contributed by atoms with van der Waals surface area (Å²) in [4.78, 5) is 28.5. The second-order valence-electron chi connectivity index (χ2n) is 11.4. The molecule has 8 nitrogen and oxygen atoms in total. The summed E-state index contributed by atoms with van der Waals surface area (Å²) >= 11 is 0. The first-order valence-electron chi connectivity index (χ1n) is 15.0. The highest BCUT2D eigenvalue weighted by Gasteiger charge is 2.40. The molecule has 43 heavy (non-hydrogen) atoms. The minimum Gasteiger partial charge on any atom is -0.493 e. The van der Waals surface area contributed by atoms with E-state index in [0.717, 1.165) is 56.0 Å². The van der Waals surface area contributed by atoms with E-state index in [1.54, 1.807) is 25.2 Å². The van der Waals surface area contributed by atoms with Crippen molar-refractivity contribution in [2.24, 2.45) is 5.92 Å². The van der Waals surface area contributed by atoms with Crippen molar-refractivity contribution < 1.29 is 28.2 Å². The molecule has 0 aliphatic carbocycles. The van der Waals surface area contributed by atoms with Crippen molar-refractivity contribution in [2.75, 3.05) is 53.0 Å². The van der Waals surface area contributed by atoms with Gasteiger partial charge in [-0.3, -0.25) is 14.5 Å². The molecule has 2 aliphatic heterocycles. The highest BCUT2D eigenvalue weighted by atomic mass is 19.1. The van der Waals surface area contributed by atoms with Crippen LogP contribution in [-0.4, -0.2) is 69.8 Å². The maximum atomic E-state index is 13.7. The zero-order valence-corrected chi connectivity index (χ0v) is 25.0. The Morgan fingerprint density at radius 3 is 2.53 bits per heavy atom. The number of nitrogens with one attached hydrogen (secondary N) is 2. The van der Waals surface area contributed by atoms with Crippen molar-refractivity contribution >= 4 is 11.8 Å². The Morgan fingerprint density at radius 1 is 1.05 bits per heavy atom. The van der Waals surface area contributed by atoms with Crippen LogP contribution in [0.3, 0.4) is 0 Å². The van der Waals surface area contributed by atoms with E-state index < -0.39 is 12.0 Å². The number of halogens is 1. The summed E-state index contributed by atoms with van der Waals surface area (Å²) in [5.74, 6) is 0.224. The van der Waals surface area contributed by atoms with Crippen LogP contribution in [0.25, 0.3) is 11.1 Å². The van der Waals surface area contributed by atoms with Crippen LogP contribution in [0.4, 0.5) is 4.39 Å². The van der Waals surface area contributed by atoms with E-state index in [4.69, 9.17) is 14.2 Å². The fourth-order valence-corrected chi connectivity index (χ4v) is 5.50. The Morgan fingerprint density at radius 2 is 1.81 bits per heavy atom. The maximum absolute atomic E-state index is 13.7. The number of nitrogens with zero attached hydrogens (tertiary/aromatic N) is 1. The monoisotopic (exact) mass is 589 g/mol. The van der Waals surface area contributed by atoms with Crippen molar-refractivity contribution in [2.45, 2.75) is 32.3 Å². The van der Waals surface area contributed by atoms with Crippen molar-refractivity contribution in [3.63, 3.8) is 0 Å². The van der Waals surface area contributed by atoms with Crippen LogP contribution < -0.4 is 20.1 Å². The normalized spacial score (nSPS) is 18.2. The van der Waals surface area contributed by atoms with E-state index in [1.807, 2.05) is 44.2 Å². The molecule has 1 saturated heterocycles. The van der Waals surface area contributed by atoms with Crippen molar-refractivity contribution in [1.29, 1.82) is 0 Å². The molecule has 2 unspecified atom stereocenters. The first-order valence-corrected chi connectivity index (χ1v) is 15.0. The van der Waals surface area contributed by atoms with Gasteiger partial charge in [0, 0.05) is 49.9 Å². The Hall–Kier alpha value is -3.95. The second kappa shape index (κ2) is 14.0. The average molecular weight is 590 g/mol. The van der Waals surface area contributed by atoms with Crippen molar-refractivity contribution in [1.82, 2.24) is 15.5 Å². The van der Waals surface area contributed by atoms with Crippen LogP contribution in [0.15, 0.2) is 60.7 Å². The zero-order valence-electron chi connectivity index (χ0n) is 25.0. The highest BCUT2D eigenvalue weighted by molar-refractivity contribution is 5.96. The third kappa shape index (κ3) is 7.35. The lowest BCUT2D eigenvalue weighted by Gasteiger charge is -2.26. The van der Waals surface area contributed by atoms with E-state index in [-0.39, 0.29) is 17.6 Å². The second-order valence-corrected chi connectivity index (χ2v) is 11.4. The maximum Gasteiger partial charge on any atom is 0.251 e. The van der Waals surface area contributed by atoms with E-state index >= 15 is 0 Å². The molecule has 1 fully saturated rings. The van der Waals surface area contributed by atoms with Gasteiger partial charge in [0.25, 0.3) is 5.91 Å². The highest BCUT2D eigenvalue weighted by Crippen LogP contribution is 2.48. The van der Waals surface area contributed by atoms with Gasteiger partial charge < -0.3 is 24.8 Å². The minimum atomic E-state index is -0.638. The molecular weight excluding hydrogens is 549 g/mol. The van der Waals surface area contributed by atoms with Crippen LogP contribution in [0.2, 0.25) is 0 Å². The Kier molecular flexibility index (Phi) is 9.94. The molecule has 2 heterocycles. The molecule has 228 valence electrons. The number of fused-ring (bicyclic) bond motifs is 1. The van der Waals surface area contributed by atoms with Crippen LogP contribution in [-0.2, 0) is 9.53 Å². The van der Waals surface area contributed by atoms with Gasteiger partial charge in [0.15, 0.2) is 0 Å². The predicted molar refractivity (Wildman–Crippen MR) is 163 cm³/mol. The molecule has 0 aromatic heterocycles. The van der Waals surface area contributed by atoms with Crippen LogP contribution in [0.5, 0.6) is 11.5 Å². The van der Waals surface area contributed by atoms with E-state index in [9.17, 15) is 14.0 Å². The van der Waals surface area contributed by atoms with Gasteiger partial charge in [-0.25, -0.2) is 4.39 Å². The standard InChI is InChI=1S/C34H40FN3O5/c1-22(2)21-37-33(39)25-8-11-29(42-16-4-13-38-14-17-41-18-15-38)27(20-25)24-7-12-30-28(19-24)31(34(40)36-3)32(43-30)23-5-9-26(35)10-6-23/h5-12,19-20,22,31-32H,4,13-18,21H2,1-3H3,(H,36,40)(H,37,39). The number of ether oxygens (including phenoxy) is 3. The van der Waals surface area contributed by atoms with Crippen LogP contribution in [0.1, 0.15) is 53.8 Å². The molecule has 0 radical (unpaired) electrons. The first-order chi connectivity index (χ1) is 20.8. The largest absolute Gasteiger partial charge is 0.493 e. The van der Waals surface area contributed by atoms with Gasteiger partial charge in [-0.1, -0.05) is 32.0 Å². The van der Waals surface area contributed by atoms with Gasteiger partial charge in [0.05, 0.1) is 19.8 Å². The Bertz CT molecular complexity index is 1420. The van der Waals surface area contributed by atoms with Crippen LogP contribution >= 0.6 is 0 Å². The molecule has 2 amide bonds. The lowest BCUT2D eigenvalue weighted by molar-refractivity contribution is -0.123. The SMILES string of the molecule is CNC(=O)C1c2cc(-c3cc(C(=O)NCC(C)C)ccc3OCCCN3CCOCC3)ccc2OC1c1ccc(F)cc1. The van der Waals surface area contributed by atoms with Gasteiger partial charge in [-0.15, -0.1) is 0 Å². The topological polar surface area (TPSA) is 89.1 Å². The predicted octanol–water partition coefficient (Wildman–Crippen LogP) is 4.94. The van der Waals surface area contributed by atoms with Gasteiger partial charge in [0.2, 0.25) is 5.91 Å². The first kappa shape index (κ1) is 30.5. The lowest BCUT2D eigenvalue weighted by Crippen LogP contribution is -2.37. The summed E-state index contributed by atoms with van der Waals surface area (Å²) in [6.45, 7) is 9.47. The molecule has 5 rings (SSSR count). The molecule has 0 spiro atoms. The molecular formula is C34H40FN3O5. The van der Waals surface area contributed by atoms with Crippen molar-refractivity contribution in [3.8, 4) is 22.6 Å². The molecule has 2 aliphatic rings. The number of morpholine rings is 1. The molecule has 0 bridgehead atoms. The third-order valence-electron chi connectivity index (χ3n) is 7.83. The van der Waals surface area contributed by atoms with E-state index in [0.29, 0.717) is 41.7 Å². The summed E-state index contributed by atoms with van der Waals surface area (Å²) in [6, 6.07) is 17.2. The molecule has 9 heteroatoms. The number of hydrogen-bond acceptors (Lipinski definition) is 6. The summed E-state index contributed by atoms with van der Waals surface area (Å²) in [7, 11) is 1.59. The smallest absolute Gasteiger partial charge is 0.251 e. The Balaban J connectivity index is 1.44. The molecule has 0 saturated carbocycles. The average Bonchev–Trinajstić information content (AvgIpc) is 3.41. The number of likely N-dealkylation sites (N-methyl/N-ethyl adjacent to an activating group) is 1. The summed E-state index contributed by atoms with van der Waals surface area (Å²) in [6.07, 6.45) is 0.251. The number of benzene rings is 3. The summed E-state index contributed by atoms with van der Waals surface area (Å²) < 4.78 is 31.6.